The van der Waals surface area contributed by atoms with Crippen LogP contribution in [-0.2, 0) is 11.2 Å². The van der Waals surface area contributed by atoms with Gasteiger partial charge in [0.05, 0.1) is 0 Å². The Morgan fingerprint density at radius 2 is 2.00 bits per heavy atom. The molecule has 1 aliphatic heterocycles. The molecule has 1 aromatic rings. The summed E-state index contributed by atoms with van der Waals surface area (Å²) in [6.07, 6.45) is 1.65. The summed E-state index contributed by atoms with van der Waals surface area (Å²) in [5.74, 6) is 0.177. The summed E-state index contributed by atoms with van der Waals surface area (Å²) in [4.78, 5) is 10.6. The van der Waals surface area contributed by atoms with E-state index in [2.05, 4.69) is 17.4 Å². The summed E-state index contributed by atoms with van der Waals surface area (Å²) in [5.41, 5.74) is 1.29. The van der Waals surface area contributed by atoms with Crippen LogP contribution in [-0.4, -0.2) is 11.9 Å². The molecule has 0 spiro atoms. The van der Waals surface area contributed by atoms with E-state index in [4.69, 9.17) is 0 Å². The summed E-state index contributed by atoms with van der Waals surface area (Å²) < 4.78 is 0. The van der Waals surface area contributed by atoms with Crippen molar-refractivity contribution in [1.29, 1.82) is 0 Å². The first-order chi connectivity index (χ1) is 5.84. The molecule has 0 radical (unpaired) electrons. The highest BCUT2D eigenvalue weighted by atomic mass is 16.2. The van der Waals surface area contributed by atoms with Gasteiger partial charge >= 0.3 is 0 Å². The molecule has 12 heavy (non-hydrogen) atoms. The number of carbonyl (C=O) groups is 1. The highest BCUT2D eigenvalue weighted by Gasteiger charge is 2.24. The maximum atomic E-state index is 10.6. The molecule has 62 valence electrons. The van der Waals surface area contributed by atoms with Gasteiger partial charge in [0.15, 0.2) is 0 Å². The molecule has 0 aliphatic carbocycles. The average Bonchev–Trinajstić information content (AvgIpc) is 2.04. The molecular weight excluding hydrogens is 150 g/mol. The largest absolute Gasteiger partial charge is 0.352 e. The fourth-order valence-electron chi connectivity index (χ4n) is 1.45. The molecular formula is C10H11NO. The molecule has 1 atom stereocenters. The van der Waals surface area contributed by atoms with E-state index in [-0.39, 0.29) is 5.91 Å². The zero-order valence-corrected chi connectivity index (χ0v) is 6.79. The molecule has 1 aliphatic rings. The lowest BCUT2D eigenvalue weighted by atomic mass is 9.98. The number of hydrogen-bond donors (Lipinski definition) is 1. The van der Waals surface area contributed by atoms with Crippen molar-refractivity contribution in [2.75, 3.05) is 0 Å². The summed E-state index contributed by atoms with van der Waals surface area (Å²) >= 11 is 0. The molecule has 2 nitrogen and oxygen atoms in total. The van der Waals surface area contributed by atoms with E-state index in [0.29, 0.717) is 12.5 Å². The molecule has 2 rings (SSSR count). The first-order valence-electron chi connectivity index (χ1n) is 4.18. The van der Waals surface area contributed by atoms with Gasteiger partial charge in [-0.2, -0.15) is 0 Å². The third kappa shape index (κ3) is 1.47. The summed E-state index contributed by atoms with van der Waals surface area (Å²) in [6.45, 7) is 0. The lowest BCUT2D eigenvalue weighted by molar-refractivity contribution is -0.128. The van der Waals surface area contributed by atoms with Crippen LogP contribution in [0, 0.1) is 0 Å². The first kappa shape index (κ1) is 7.35. The van der Waals surface area contributed by atoms with Crippen molar-refractivity contribution in [3.8, 4) is 0 Å². The molecule has 1 fully saturated rings. The highest BCUT2D eigenvalue weighted by Crippen LogP contribution is 2.11. The van der Waals surface area contributed by atoms with Gasteiger partial charge < -0.3 is 5.32 Å². The van der Waals surface area contributed by atoms with E-state index in [0.717, 1.165) is 6.42 Å². The van der Waals surface area contributed by atoms with Gasteiger partial charge in [-0.1, -0.05) is 30.3 Å². The lowest BCUT2D eigenvalue weighted by Gasteiger charge is -2.26. The van der Waals surface area contributed by atoms with Crippen LogP contribution in [0.1, 0.15) is 12.0 Å². The minimum Gasteiger partial charge on any atom is -0.352 e. The summed E-state index contributed by atoms with van der Waals surface area (Å²) in [7, 11) is 0. The number of rotatable bonds is 2. The van der Waals surface area contributed by atoms with Crippen molar-refractivity contribution >= 4 is 5.91 Å². The van der Waals surface area contributed by atoms with E-state index < -0.39 is 0 Å². The molecule has 0 saturated carbocycles. The minimum atomic E-state index is 0.177. The number of carbonyl (C=O) groups excluding carboxylic acids is 1. The van der Waals surface area contributed by atoms with Crippen LogP contribution in [0.2, 0.25) is 0 Å². The van der Waals surface area contributed by atoms with Gasteiger partial charge in [-0.25, -0.2) is 0 Å². The van der Waals surface area contributed by atoms with Crippen molar-refractivity contribution in [2.24, 2.45) is 0 Å². The Balaban J connectivity index is 1.92. The second kappa shape index (κ2) is 2.97. The van der Waals surface area contributed by atoms with E-state index in [1.807, 2.05) is 18.2 Å². The van der Waals surface area contributed by atoms with Crippen LogP contribution in [0.15, 0.2) is 30.3 Å². The summed E-state index contributed by atoms with van der Waals surface area (Å²) in [5, 5.41) is 2.85. The summed E-state index contributed by atoms with van der Waals surface area (Å²) in [6, 6.07) is 10.6. The Hall–Kier alpha value is -1.31. The maximum Gasteiger partial charge on any atom is 0.222 e. The average molecular weight is 161 g/mol. The number of nitrogens with one attached hydrogen (secondary N) is 1. The van der Waals surface area contributed by atoms with Crippen molar-refractivity contribution in [1.82, 2.24) is 5.32 Å². The molecule has 1 amide bonds. The SMILES string of the molecule is O=C1C[C@H](Cc2ccccc2)N1. The van der Waals surface area contributed by atoms with Gasteiger partial charge in [-0.15, -0.1) is 0 Å². The van der Waals surface area contributed by atoms with Gasteiger partial charge in [-0.3, -0.25) is 4.79 Å². The van der Waals surface area contributed by atoms with Gasteiger partial charge in [-0.05, 0) is 12.0 Å². The molecule has 0 aromatic heterocycles. The van der Waals surface area contributed by atoms with Gasteiger partial charge in [0, 0.05) is 12.5 Å². The minimum absolute atomic E-state index is 0.177. The fourth-order valence-corrected chi connectivity index (χ4v) is 1.45. The van der Waals surface area contributed by atoms with Crippen LogP contribution >= 0.6 is 0 Å². The second-order valence-corrected chi connectivity index (χ2v) is 3.16. The first-order valence-corrected chi connectivity index (χ1v) is 4.18. The van der Waals surface area contributed by atoms with Crippen molar-refractivity contribution in [2.45, 2.75) is 18.9 Å². The number of hydrogen-bond acceptors (Lipinski definition) is 1. The maximum absolute atomic E-state index is 10.6. The fraction of sp³-hybridized carbons (Fsp3) is 0.300. The zero-order chi connectivity index (χ0) is 8.39. The van der Waals surface area contributed by atoms with Crippen molar-refractivity contribution in [3.05, 3.63) is 35.9 Å². The topological polar surface area (TPSA) is 29.1 Å². The molecule has 1 aromatic carbocycles. The Morgan fingerprint density at radius 3 is 2.58 bits per heavy atom. The Bertz CT molecular complexity index is 273. The molecule has 0 unspecified atom stereocenters. The molecule has 1 N–H and O–H groups in total. The monoisotopic (exact) mass is 161 g/mol. The van der Waals surface area contributed by atoms with Crippen LogP contribution in [0.5, 0.6) is 0 Å². The Morgan fingerprint density at radius 1 is 1.33 bits per heavy atom. The molecule has 1 heterocycles. The number of β-lactam (4-membered cyclic amide) rings is 1. The Labute approximate surface area is 71.6 Å². The number of amides is 1. The van der Waals surface area contributed by atoms with Crippen molar-refractivity contribution in [3.63, 3.8) is 0 Å². The quantitative estimate of drug-likeness (QED) is 0.647. The van der Waals surface area contributed by atoms with Crippen LogP contribution in [0.4, 0.5) is 0 Å². The predicted molar refractivity (Wildman–Crippen MR) is 46.7 cm³/mol. The van der Waals surface area contributed by atoms with E-state index in [1.54, 1.807) is 0 Å². The molecule has 1 saturated heterocycles. The molecule has 2 heteroatoms. The van der Waals surface area contributed by atoms with Crippen LogP contribution < -0.4 is 5.32 Å². The van der Waals surface area contributed by atoms with E-state index in [9.17, 15) is 4.79 Å². The number of benzene rings is 1. The van der Waals surface area contributed by atoms with Crippen LogP contribution in [0.3, 0.4) is 0 Å². The predicted octanol–water partition coefficient (Wildman–Crippen LogP) is 1.12. The van der Waals surface area contributed by atoms with Gasteiger partial charge in [0.2, 0.25) is 5.91 Å². The van der Waals surface area contributed by atoms with E-state index >= 15 is 0 Å². The third-order valence-electron chi connectivity index (χ3n) is 2.12. The highest BCUT2D eigenvalue weighted by molar-refractivity contribution is 5.82. The van der Waals surface area contributed by atoms with E-state index in [1.165, 1.54) is 5.56 Å². The van der Waals surface area contributed by atoms with Crippen LogP contribution in [0.25, 0.3) is 0 Å². The van der Waals surface area contributed by atoms with Gasteiger partial charge in [0.1, 0.15) is 0 Å². The molecule has 0 bridgehead atoms. The smallest absolute Gasteiger partial charge is 0.222 e. The van der Waals surface area contributed by atoms with Gasteiger partial charge in [0.25, 0.3) is 0 Å². The normalized spacial score (nSPS) is 21.3. The second-order valence-electron chi connectivity index (χ2n) is 3.16. The zero-order valence-electron chi connectivity index (χ0n) is 6.79. The Kier molecular flexibility index (Phi) is 1.82. The standard InChI is InChI=1S/C10H11NO/c12-10-7-9(11-10)6-8-4-2-1-3-5-8/h1-5,9H,6-7H2,(H,11,12)/t9-/m0/s1. The third-order valence-corrected chi connectivity index (χ3v) is 2.12. The van der Waals surface area contributed by atoms with Crippen molar-refractivity contribution < 1.29 is 4.79 Å². The lowest BCUT2D eigenvalue weighted by Crippen LogP contribution is -2.49.